The van der Waals surface area contributed by atoms with Crippen molar-refractivity contribution in [1.82, 2.24) is 8.96 Å². The number of aromatic nitrogens is 2. The molecule has 30 heavy (non-hydrogen) atoms. The molecule has 0 spiro atoms. The van der Waals surface area contributed by atoms with Gasteiger partial charge in [-0.1, -0.05) is 43.6 Å². The van der Waals surface area contributed by atoms with Crippen molar-refractivity contribution in [3.05, 3.63) is 71.6 Å². The SMILES string of the molecule is CCCOC(OCCC)c1cc(-c2ccccc2Cl)n(S(=O)(=O)c2cccnc2)c1. The zero-order chi connectivity index (χ0) is 21.6. The fraction of sp³-hybridized carbons (Fsp3) is 0.318. The number of rotatable bonds is 10. The Balaban J connectivity index is 2.16. The van der Waals surface area contributed by atoms with E-state index in [9.17, 15) is 8.42 Å². The molecule has 0 N–H and O–H groups in total. The average molecular weight is 449 g/mol. The molecule has 1 aromatic carbocycles. The van der Waals surface area contributed by atoms with E-state index < -0.39 is 16.3 Å². The zero-order valence-electron chi connectivity index (χ0n) is 17.0. The van der Waals surface area contributed by atoms with Crippen LogP contribution in [0.1, 0.15) is 38.5 Å². The highest BCUT2D eigenvalue weighted by Gasteiger charge is 2.26. The molecule has 2 aromatic heterocycles. The van der Waals surface area contributed by atoms with E-state index in [0.717, 1.165) is 12.8 Å². The van der Waals surface area contributed by atoms with Crippen molar-refractivity contribution < 1.29 is 17.9 Å². The van der Waals surface area contributed by atoms with E-state index in [1.165, 1.54) is 28.6 Å². The van der Waals surface area contributed by atoms with E-state index in [-0.39, 0.29) is 4.90 Å². The molecule has 0 aliphatic heterocycles. The second-order valence-electron chi connectivity index (χ2n) is 6.70. The molecule has 0 amide bonds. The lowest BCUT2D eigenvalue weighted by Crippen LogP contribution is -2.14. The summed E-state index contributed by atoms with van der Waals surface area (Å²) in [6.07, 6.45) is 5.36. The minimum atomic E-state index is -3.90. The van der Waals surface area contributed by atoms with Gasteiger partial charge in [0.05, 0.1) is 5.69 Å². The summed E-state index contributed by atoms with van der Waals surface area (Å²) in [5.41, 5.74) is 1.64. The fourth-order valence-electron chi connectivity index (χ4n) is 2.96. The Bertz CT molecular complexity index is 1060. The van der Waals surface area contributed by atoms with E-state index in [0.29, 0.717) is 35.1 Å². The second kappa shape index (κ2) is 10.2. The Labute approximate surface area is 182 Å². The lowest BCUT2D eigenvalue weighted by atomic mass is 10.1. The normalized spacial score (nSPS) is 11.9. The topological polar surface area (TPSA) is 70.4 Å². The van der Waals surface area contributed by atoms with Crippen molar-refractivity contribution >= 4 is 21.6 Å². The molecule has 2 heterocycles. The fourth-order valence-corrected chi connectivity index (χ4v) is 4.54. The van der Waals surface area contributed by atoms with Gasteiger partial charge in [0.1, 0.15) is 4.90 Å². The van der Waals surface area contributed by atoms with E-state index in [2.05, 4.69) is 4.98 Å². The Morgan fingerprint density at radius 3 is 2.37 bits per heavy atom. The number of ether oxygens (including phenoxy) is 2. The first-order valence-electron chi connectivity index (χ1n) is 9.85. The van der Waals surface area contributed by atoms with Crippen LogP contribution in [0.5, 0.6) is 0 Å². The van der Waals surface area contributed by atoms with Crippen molar-refractivity contribution in [2.24, 2.45) is 0 Å². The van der Waals surface area contributed by atoms with Crippen LogP contribution in [0.2, 0.25) is 5.02 Å². The van der Waals surface area contributed by atoms with Crippen LogP contribution in [0.15, 0.2) is 66.0 Å². The molecule has 0 bridgehead atoms. The lowest BCUT2D eigenvalue weighted by molar-refractivity contribution is -0.146. The molecule has 0 unspecified atom stereocenters. The largest absolute Gasteiger partial charge is 0.348 e. The molecule has 3 aromatic rings. The van der Waals surface area contributed by atoms with Gasteiger partial charge in [-0.15, -0.1) is 0 Å². The highest BCUT2D eigenvalue weighted by atomic mass is 35.5. The summed E-state index contributed by atoms with van der Waals surface area (Å²) in [6.45, 7) is 5.00. The molecule has 0 atom stereocenters. The first-order valence-corrected chi connectivity index (χ1v) is 11.7. The maximum Gasteiger partial charge on any atom is 0.269 e. The number of benzene rings is 1. The third-order valence-corrected chi connectivity index (χ3v) is 6.35. The number of pyridine rings is 1. The summed E-state index contributed by atoms with van der Waals surface area (Å²) in [5.74, 6) is 0. The molecule has 0 aliphatic rings. The maximum atomic E-state index is 13.4. The van der Waals surface area contributed by atoms with Crippen molar-refractivity contribution in [2.75, 3.05) is 13.2 Å². The van der Waals surface area contributed by atoms with Crippen LogP contribution in [-0.4, -0.2) is 30.6 Å². The van der Waals surface area contributed by atoms with Crippen LogP contribution in [0.4, 0.5) is 0 Å². The molecular weight excluding hydrogens is 424 g/mol. The molecule has 0 saturated carbocycles. The molecule has 0 radical (unpaired) electrons. The van der Waals surface area contributed by atoms with Crippen LogP contribution in [0.3, 0.4) is 0 Å². The van der Waals surface area contributed by atoms with Crippen LogP contribution < -0.4 is 0 Å². The molecule has 8 heteroatoms. The Morgan fingerprint density at radius 1 is 1.07 bits per heavy atom. The van der Waals surface area contributed by atoms with Gasteiger partial charge in [-0.3, -0.25) is 4.98 Å². The van der Waals surface area contributed by atoms with Crippen LogP contribution >= 0.6 is 11.6 Å². The monoisotopic (exact) mass is 448 g/mol. The lowest BCUT2D eigenvalue weighted by Gasteiger charge is -2.17. The highest BCUT2D eigenvalue weighted by molar-refractivity contribution is 7.90. The van der Waals surface area contributed by atoms with Gasteiger partial charge in [0, 0.05) is 48.0 Å². The summed E-state index contributed by atoms with van der Waals surface area (Å²) in [4.78, 5) is 4.04. The van der Waals surface area contributed by atoms with E-state index in [1.54, 1.807) is 30.3 Å². The predicted octanol–water partition coefficient (Wildman–Crippen LogP) is 5.29. The van der Waals surface area contributed by atoms with Gasteiger partial charge in [0.25, 0.3) is 10.0 Å². The quantitative estimate of drug-likeness (QED) is 0.394. The van der Waals surface area contributed by atoms with Crippen LogP contribution in [0.25, 0.3) is 11.3 Å². The highest BCUT2D eigenvalue weighted by Crippen LogP contribution is 2.34. The first-order chi connectivity index (χ1) is 14.5. The van der Waals surface area contributed by atoms with E-state index >= 15 is 0 Å². The maximum absolute atomic E-state index is 13.4. The minimum absolute atomic E-state index is 0.0842. The van der Waals surface area contributed by atoms with Gasteiger partial charge in [-0.05, 0) is 37.1 Å². The van der Waals surface area contributed by atoms with Crippen LogP contribution in [-0.2, 0) is 19.5 Å². The number of nitrogens with zero attached hydrogens (tertiary/aromatic N) is 2. The van der Waals surface area contributed by atoms with Crippen molar-refractivity contribution in [2.45, 2.75) is 37.9 Å². The molecular formula is C22H25ClN2O4S. The van der Waals surface area contributed by atoms with Crippen molar-refractivity contribution in [1.29, 1.82) is 0 Å². The van der Waals surface area contributed by atoms with Gasteiger partial charge >= 0.3 is 0 Å². The summed E-state index contributed by atoms with van der Waals surface area (Å²) >= 11 is 6.40. The van der Waals surface area contributed by atoms with Gasteiger partial charge in [0.15, 0.2) is 6.29 Å². The first kappa shape index (κ1) is 22.5. The second-order valence-corrected chi connectivity index (χ2v) is 8.92. The number of halogens is 1. The summed E-state index contributed by atoms with van der Waals surface area (Å²) in [5, 5.41) is 0.449. The zero-order valence-corrected chi connectivity index (χ0v) is 18.6. The molecule has 0 fully saturated rings. The Morgan fingerprint density at radius 2 is 1.77 bits per heavy atom. The molecule has 0 saturated heterocycles. The third-order valence-electron chi connectivity index (χ3n) is 4.37. The van der Waals surface area contributed by atoms with E-state index in [1.807, 2.05) is 19.9 Å². The molecule has 0 aliphatic carbocycles. The van der Waals surface area contributed by atoms with Gasteiger partial charge in [-0.2, -0.15) is 0 Å². The van der Waals surface area contributed by atoms with Gasteiger partial charge < -0.3 is 9.47 Å². The van der Waals surface area contributed by atoms with Crippen molar-refractivity contribution in [3.8, 4) is 11.3 Å². The Hall–Kier alpha value is -2.19. The predicted molar refractivity (Wildman–Crippen MR) is 117 cm³/mol. The number of hydrogen-bond donors (Lipinski definition) is 0. The molecule has 6 nitrogen and oxygen atoms in total. The van der Waals surface area contributed by atoms with Gasteiger partial charge in [0.2, 0.25) is 0 Å². The summed E-state index contributed by atoms with van der Waals surface area (Å²) in [6, 6.07) is 12.0. The third kappa shape index (κ3) is 4.92. The molecule has 160 valence electrons. The summed E-state index contributed by atoms with van der Waals surface area (Å²) < 4.78 is 39.7. The van der Waals surface area contributed by atoms with Crippen LogP contribution in [0, 0.1) is 0 Å². The number of hydrogen-bond acceptors (Lipinski definition) is 5. The standard InChI is InChI=1S/C22H25ClN2O4S/c1-3-12-28-22(29-13-4-2)17-14-21(19-9-5-6-10-20(19)23)25(16-17)30(26,27)18-8-7-11-24-15-18/h5-11,14-16,22H,3-4,12-13H2,1-2H3. The van der Waals surface area contributed by atoms with E-state index in [4.69, 9.17) is 21.1 Å². The van der Waals surface area contributed by atoms with Gasteiger partial charge in [-0.25, -0.2) is 12.4 Å². The minimum Gasteiger partial charge on any atom is -0.348 e. The smallest absolute Gasteiger partial charge is 0.269 e. The summed E-state index contributed by atoms with van der Waals surface area (Å²) in [7, 11) is -3.90. The Kier molecular flexibility index (Phi) is 7.66. The average Bonchev–Trinajstić information content (AvgIpc) is 3.21. The van der Waals surface area contributed by atoms with Crippen molar-refractivity contribution in [3.63, 3.8) is 0 Å². The molecule has 3 rings (SSSR count).